The maximum atomic E-state index is 12.8. The van der Waals surface area contributed by atoms with Crippen LogP contribution in [0.3, 0.4) is 0 Å². The smallest absolute Gasteiger partial charge is 0.345 e. The van der Waals surface area contributed by atoms with Crippen molar-refractivity contribution in [3.05, 3.63) is 42.0 Å². The summed E-state index contributed by atoms with van der Waals surface area (Å²) in [5.74, 6) is -6.07. The Balaban J connectivity index is 2.14. The van der Waals surface area contributed by atoms with Crippen LogP contribution in [0.5, 0.6) is 0 Å². The standard InChI is InChI=1S/C13H11F5N4O/c1-8-10(6-22(21-8)9-3-2-4-19-5-9)11(23)20-7-12(14,15)13(16,17)18/h2-6H,7H2,1H3,(H,20,23). The van der Waals surface area contributed by atoms with Crippen molar-refractivity contribution in [1.82, 2.24) is 20.1 Å². The molecule has 0 saturated carbocycles. The highest BCUT2D eigenvalue weighted by atomic mass is 19.4. The van der Waals surface area contributed by atoms with Crippen LogP contribution in [0.15, 0.2) is 30.7 Å². The Labute approximate surface area is 127 Å². The Morgan fingerprint density at radius 1 is 1.30 bits per heavy atom. The highest BCUT2D eigenvalue weighted by Crippen LogP contribution is 2.34. The van der Waals surface area contributed by atoms with E-state index >= 15 is 0 Å². The third kappa shape index (κ3) is 3.63. The maximum absolute atomic E-state index is 12.8. The predicted octanol–water partition coefficient (Wildman–Crippen LogP) is 2.50. The van der Waals surface area contributed by atoms with Crippen LogP contribution in [0.2, 0.25) is 0 Å². The van der Waals surface area contributed by atoms with Gasteiger partial charge in [0.25, 0.3) is 5.91 Å². The molecule has 0 unspecified atom stereocenters. The molecule has 0 fully saturated rings. The van der Waals surface area contributed by atoms with Gasteiger partial charge in [-0.25, -0.2) is 4.68 Å². The number of nitrogens with one attached hydrogen (secondary N) is 1. The molecule has 0 aliphatic heterocycles. The number of hydrogen-bond donors (Lipinski definition) is 1. The van der Waals surface area contributed by atoms with Crippen LogP contribution in [0.1, 0.15) is 16.1 Å². The van der Waals surface area contributed by atoms with Gasteiger partial charge in [-0.2, -0.15) is 27.1 Å². The summed E-state index contributed by atoms with van der Waals surface area (Å²) in [6, 6.07) is 3.26. The molecule has 0 radical (unpaired) electrons. The first kappa shape index (κ1) is 16.8. The molecule has 2 aromatic heterocycles. The molecular formula is C13H11F5N4O. The highest BCUT2D eigenvalue weighted by Gasteiger charge is 2.57. The molecule has 0 aliphatic rings. The van der Waals surface area contributed by atoms with Gasteiger partial charge in [-0.05, 0) is 19.1 Å². The maximum Gasteiger partial charge on any atom is 0.455 e. The Kier molecular flexibility index (Phi) is 4.35. The first-order chi connectivity index (χ1) is 10.6. The lowest BCUT2D eigenvalue weighted by Gasteiger charge is -2.19. The number of halogens is 5. The van der Waals surface area contributed by atoms with Gasteiger partial charge in [0.1, 0.15) is 0 Å². The van der Waals surface area contributed by atoms with Crippen molar-refractivity contribution in [3.8, 4) is 5.69 Å². The minimum atomic E-state index is -5.73. The molecular weight excluding hydrogens is 323 g/mol. The molecule has 1 N–H and O–H groups in total. The van der Waals surface area contributed by atoms with Gasteiger partial charge >= 0.3 is 12.1 Å². The van der Waals surface area contributed by atoms with Crippen molar-refractivity contribution in [2.75, 3.05) is 6.54 Å². The lowest BCUT2D eigenvalue weighted by Crippen LogP contribution is -2.46. The Morgan fingerprint density at radius 2 is 2.00 bits per heavy atom. The molecule has 0 aliphatic carbocycles. The second-order valence-electron chi connectivity index (χ2n) is 4.67. The second-order valence-corrected chi connectivity index (χ2v) is 4.67. The fraction of sp³-hybridized carbons (Fsp3) is 0.308. The van der Waals surface area contributed by atoms with E-state index in [4.69, 9.17) is 0 Å². The average Bonchev–Trinajstić information content (AvgIpc) is 2.87. The van der Waals surface area contributed by atoms with Crippen LogP contribution in [0.25, 0.3) is 5.69 Å². The van der Waals surface area contributed by atoms with Gasteiger partial charge < -0.3 is 5.32 Å². The molecule has 0 atom stereocenters. The van der Waals surface area contributed by atoms with Crippen LogP contribution in [0, 0.1) is 6.92 Å². The average molecular weight is 334 g/mol. The second kappa shape index (κ2) is 5.94. The summed E-state index contributed by atoms with van der Waals surface area (Å²) in [4.78, 5) is 15.7. The third-order valence-corrected chi connectivity index (χ3v) is 2.94. The summed E-state index contributed by atoms with van der Waals surface area (Å²) in [6.45, 7) is -0.406. The number of aromatic nitrogens is 3. The minimum absolute atomic E-state index is 0.105. The fourth-order valence-electron chi connectivity index (χ4n) is 1.69. The normalized spacial score (nSPS) is 12.3. The van der Waals surface area contributed by atoms with Gasteiger partial charge in [-0.1, -0.05) is 0 Å². The van der Waals surface area contributed by atoms with Crippen LogP contribution in [0.4, 0.5) is 22.0 Å². The molecule has 1 amide bonds. The number of hydrogen-bond acceptors (Lipinski definition) is 3. The Bertz CT molecular complexity index is 696. The number of nitrogens with zero attached hydrogens (tertiary/aromatic N) is 3. The summed E-state index contributed by atoms with van der Waals surface area (Å²) >= 11 is 0. The Morgan fingerprint density at radius 3 is 2.57 bits per heavy atom. The molecule has 2 aromatic rings. The zero-order valence-electron chi connectivity index (χ0n) is 11.7. The van der Waals surface area contributed by atoms with Crippen molar-refractivity contribution in [1.29, 1.82) is 0 Å². The molecule has 0 aromatic carbocycles. The first-order valence-electron chi connectivity index (χ1n) is 6.31. The van der Waals surface area contributed by atoms with E-state index in [1.807, 2.05) is 0 Å². The summed E-state index contributed by atoms with van der Waals surface area (Å²) in [6.07, 6.45) is -1.53. The van der Waals surface area contributed by atoms with Gasteiger partial charge in [-0.15, -0.1) is 0 Å². The van der Waals surface area contributed by atoms with E-state index in [0.29, 0.717) is 5.69 Å². The number of aryl methyl sites for hydroxylation is 1. The lowest BCUT2D eigenvalue weighted by atomic mass is 10.2. The van der Waals surface area contributed by atoms with Crippen molar-refractivity contribution >= 4 is 5.91 Å². The van der Waals surface area contributed by atoms with E-state index in [9.17, 15) is 26.7 Å². The summed E-state index contributed by atoms with van der Waals surface area (Å²) in [7, 11) is 0. The van der Waals surface area contributed by atoms with Crippen LogP contribution in [-0.4, -0.2) is 39.3 Å². The van der Waals surface area contributed by atoms with Crippen LogP contribution < -0.4 is 5.32 Å². The minimum Gasteiger partial charge on any atom is -0.345 e. The first-order valence-corrected chi connectivity index (χ1v) is 6.31. The topological polar surface area (TPSA) is 59.8 Å². The Hall–Kier alpha value is -2.52. The van der Waals surface area contributed by atoms with Crippen molar-refractivity contribution in [2.45, 2.75) is 19.0 Å². The highest BCUT2D eigenvalue weighted by molar-refractivity contribution is 5.95. The largest absolute Gasteiger partial charge is 0.455 e. The summed E-state index contributed by atoms with van der Waals surface area (Å²) in [5.41, 5.74) is 0.587. The van der Waals surface area contributed by atoms with E-state index in [2.05, 4.69) is 10.1 Å². The molecule has 0 bridgehead atoms. The van der Waals surface area contributed by atoms with Gasteiger partial charge in [0.05, 0.1) is 29.7 Å². The van der Waals surface area contributed by atoms with Crippen molar-refractivity contribution in [2.24, 2.45) is 0 Å². The number of carbonyl (C=O) groups excluding carboxylic acids is 1. The quantitative estimate of drug-likeness (QED) is 0.874. The van der Waals surface area contributed by atoms with E-state index < -0.39 is 24.6 Å². The number of carbonyl (C=O) groups is 1. The monoisotopic (exact) mass is 334 g/mol. The van der Waals surface area contributed by atoms with E-state index in [1.54, 1.807) is 17.4 Å². The van der Waals surface area contributed by atoms with Gasteiger partial charge in [-0.3, -0.25) is 9.78 Å². The number of rotatable bonds is 4. The summed E-state index contributed by atoms with van der Waals surface area (Å²) < 4.78 is 63.1. The number of alkyl halides is 5. The molecule has 10 heteroatoms. The molecule has 5 nitrogen and oxygen atoms in total. The van der Waals surface area contributed by atoms with Gasteiger partial charge in [0.2, 0.25) is 0 Å². The van der Waals surface area contributed by atoms with Gasteiger partial charge in [0, 0.05) is 12.4 Å². The SMILES string of the molecule is Cc1nn(-c2cccnc2)cc1C(=O)NCC(F)(F)C(F)(F)F. The van der Waals surface area contributed by atoms with Gasteiger partial charge in [0.15, 0.2) is 0 Å². The van der Waals surface area contributed by atoms with E-state index in [1.165, 1.54) is 30.2 Å². The number of amides is 1. The number of pyridine rings is 1. The third-order valence-electron chi connectivity index (χ3n) is 2.94. The van der Waals surface area contributed by atoms with E-state index in [0.717, 1.165) is 0 Å². The molecule has 2 rings (SSSR count). The predicted molar refractivity (Wildman–Crippen MR) is 69.4 cm³/mol. The van der Waals surface area contributed by atoms with Crippen molar-refractivity contribution < 1.29 is 26.7 Å². The molecule has 23 heavy (non-hydrogen) atoms. The molecule has 0 spiro atoms. The van der Waals surface area contributed by atoms with Crippen LogP contribution >= 0.6 is 0 Å². The van der Waals surface area contributed by atoms with Crippen molar-refractivity contribution in [3.63, 3.8) is 0 Å². The summed E-state index contributed by atoms with van der Waals surface area (Å²) in [5, 5.41) is 5.57. The zero-order valence-corrected chi connectivity index (χ0v) is 11.7. The zero-order chi connectivity index (χ0) is 17.3. The fourth-order valence-corrected chi connectivity index (χ4v) is 1.69. The lowest BCUT2D eigenvalue weighted by molar-refractivity contribution is -0.278. The molecule has 2 heterocycles. The molecule has 0 saturated heterocycles. The molecule has 124 valence electrons. The van der Waals surface area contributed by atoms with Crippen LogP contribution in [-0.2, 0) is 0 Å². The van der Waals surface area contributed by atoms with E-state index in [-0.39, 0.29) is 11.3 Å².